The molecule has 0 fully saturated rings. The zero-order valence-corrected chi connectivity index (χ0v) is 12.3. The van der Waals surface area contributed by atoms with Crippen LogP contribution < -0.4 is 5.73 Å². The highest BCUT2D eigenvalue weighted by atomic mass is 32.1. The average Bonchev–Trinajstić information content (AvgIpc) is 2.73. The van der Waals surface area contributed by atoms with Gasteiger partial charge in [0.1, 0.15) is 0 Å². The number of ether oxygens (including phenoxy) is 1. The van der Waals surface area contributed by atoms with Crippen molar-refractivity contribution in [2.75, 3.05) is 12.8 Å². The lowest BCUT2D eigenvalue weighted by atomic mass is 10.0. The molecule has 1 heterocycles. The van der Waals surface area contributed by atoms with Gasteiger partial charge in [0.25, 0.3) is 0 Å². The van der Waals surface area contributed by atoms with Crippen LogP contribution in [0.15, 0.2) is 24.3 Å². The van der Waals surface area contributed by atoms with Gasteiger partial charge >= 0.3 is 0 Å². The van der Waals surface area contributed by atoms with E-state index >= 15 is 0 Å². The molecule has 0 unspecified atom stereocenters. The van der Waals surface area contributed by atoms with Crippen LogP contribution in [0.1, 0.15) is 35.0 Å². The van der Waals surface area contributed by atoms with E-state index < -0.39 is 0 Å². The number of anilines is 1. The van der Waals surface area contributed by atoms with Crippen molar-refractivity contribution < 1.29 is 4.74 Å². The third-order valence-electron chi connectivity index (χ3n) is 3.05. The molecule has 2 rings (SSSR count). The van der Waals surface area contributed by atoms with Crippen LogP contribution in [0.2, 0.25) is 0 Å². The maximum Gasteiger partial charge on any atom is 0.180 e. The molecule has 0 aliphatic carbocycles. The number of rotatable bonds is 6. The van der Waals surface area contributed by atoms with Crippen LogP contribution in [0.3, 0.4) is 0 Å². The van der Waals surface area contributed by atoms with Gasteiger partial charge in [0, 0.05) is 18.4 Å². The molecule has 0 amide bonds. The minimum Gasteiger partial charge on any atom is -0.380 e. The van der Waals surface area contributed by atoms with Crippen LogP contribution in [0.25, 0.3) is 0 Å². The molecule has 0 aliphatic heterocycles. The second-order valence-corrected chi connectivity index (χ2v) is 5.67. The van der Waals surface area contributed by atoms with Crippen molar-refractivity contribution in [2.24, 2.45) is 0 Å². The lowest BCUT2D eigenvalue weighted by molar-refractivity contribution is 0.184. The van der Waals surface area contributed by atoms with Gasteiger partial charge in [0.05, 0.1) is 12.3 Å². The molecule has 0 saturated carbocycles. The Morgan fingerprint density at radius 3 is 2.68 bits per heavy atom. The molecular weight excluding hydrogens is 256 g/mol. The van der Waals surface area contributed by atoms with E-state index in [0.29, 0.717) is 11.7 Å². The van der Waals surface area contributed by atoms with Gasteiger partial charge in [0.15, 0.2) is 5.13 Å². The van der Waals surface area contributed by atoms with Crippen molar-refractivity contribution in [1.29, 1.82) is 0 Å². The van der Waals surface area contributed by atoms with E-state index in [2.05, 4.69) is 30.1 Å². The number of aromatic nitrogens is 1. The fraction of sp³-hybridized carbons (Fsp3) is 0.400. The number of nitrogen functional groups attached to an aromatic ring is 1. The third kappa shape index (κ3) is 3.55. The molecule has 1 aromatic carbocycles. The number of hydrogen-bond donors (Lipinski definition) is 1. The molecule has 0 aliphatic rings. The Hall–Kier alpha value is -1.39. The van der Waals surface area contributed by atoms with Crippen molar-refractivity contribution in [3.8, 4) is 0 Å². The molecule has 1 aromatic heterocycles. The van der Waals surface area contributed by atoms with Crippen LogP contribution >= 0.6 is 11.3 Å². The summed E-state index contributed by atoms with van der Waals surface area (Å²) in [5.74, 6) is 0. The highest BCUT2D eigenvalue weighted by molar-refractivity contribution is 7.15. The summed E-state index contributed by atoms with van der Waals surface area (Å²) in [5, 5.41) is 0.669. The molecule has 2 N–H and O–H groups in total. The van der Waals surface area contributed by atoms with Crippen molar-refractivity contribution in [2.45, 2.75) is 32.8 Å². The van der Waals surface area contributed by atoms with Gasteiger partial charge in [-0.2, -0.15) is 0 Å². The molecule has 2 aromatic rings. The topological polar surface area (TPSA) is 48.1 Å². The second kappa shape index (κ2) is 6.68. The predicted molar refractivity (Wildman–Crippen MR) is 80.5 cm³/mol. The summed E-state index contributed by atoms with van der Waals surface area (Å²) in [4.78, 5) is 5.72. The lowest BCUT2D eigenvalue weighted by Gasteiger charge is -2.08. The number of methoxy groups -OCH3 is 1. The van der Waals surface area contributed by atoms with Crippen molar-refractivity contribution in [1.82, 2.24) is 4.98 Å². The molecule has 4 heteroatoms. The summed E-state index contributed by atoms with van der Waals surface area (Å²) >= 11 is 1.60. The molecule has 3 nitrogen and oxygen atoms in total. The molecule has 0 saturated heterocycles. The Labute approximate surface area is 118 Å². The first-order valence-corrected chi connectivity index (χ1v) is 7.36. The first kappa shape index (κ1) is 14.0. The first-order chi connectivity index (χ1) is 9.24. The van der Waals surface area contributed by atoms with Gasteiger partial charge in [-0.3, -0.25) is 0 Å². The van der Waals surface area contributed by atoms with E-state index in [1.165, 1.54) is 16.0 Å². The Morgan fingerprint density at radius 2 is 2.00 bits per heavy atom. The van der Waals surface area contributed by atoms with Gasteiger partial charge in [-0.05, 0) is 17.5 Å². The smallest absolute Gasteiger partial charge is 0.180 e. The summed E-state index contributed by atoms with van der Waals surface area (Å²) in [7, 11) is 1.73. The molecular formula is C15H20N2OS. The Balaban J connectivity index is 2.25. The number of aryl methyl sites for hydroxylation is 1. The van der Waals surface area contributed by atoms with E-state index in [-0.39, 0.29) is 0 Å². The average molecular weight is 276 g/mol. The number of nitrogens with zero attached hydrogens (tertiary/aromatic N) is 1. The van der Waals surface area contributed by atoms with Gasteiger partial charge in [-0.15, -0.1) is 11.3 Å². The van der Waals surface area contributed by atoms with E-state index in [0.717, 1.165) is 25.0 Å². The fourth-order valence-corrected chi connectivity index (χ4v) is 3.07. The minimum atomic E-state index is 0.646. The summed E-state index contributed by atoms with van der Waals surface area (Å²) in [5.41, 5.74) is 9.53. The number of benzene rings is 1. The van der Waals surface area contributed by atoms with Crippen molar-refractivity contribution in [3.05, 3.63) is 46.0 Å². The predicted octanol–water partition coefficient (Wildman–Crippen LogP) is 3.42. The van der Waals surface area contributed by atoms with E-state index in [4.69, 9.17) is 10.5 Å². The quantitative estimate of drug-likeness (QED) is 0.879. The monoisotopic (exact) mass is 276 g/mol. The number of nitrogens with two attached hydrogens (primary N) is 1. The van der Waals surface area contributed by atoms with E-state index in [1.54, 1.807) is 18.4 Å². The highest BCUT2D eigenvalue weighted by Crippen LogP contribution is 2.26. The molecule has 102 valence electrons. The standard InChI is InChI=1S/C15H20N2OS/c1-3-6-13-14(19-15(16)17-13)9-11-7-4-5-8-12(11)10-18-2/h4-5,7-8H,3,6,9-10H2,1-2H3,(H2,16,17). The molecule has 0 radical (unpaired) electrons. The van der Waals surface area contributed by atoms with Crippen LogP contribution in [-0.4, -0.2) is 12.1 Å². The fourth-order valence-electron chi connectivity index (χ4n) is 2.17. The molecule has 0 atom stereocenters. The third-order valence-corrected chi connectivity index (χ3v) is 3.98. The second-order valence-electron chi connectivity index (χ2n) is 4.55. The zero-order chi connectivity index (χ0) is 13.7. The van der Waals surface area contributed by atoms with Crippen LogP contribution in [-0.2, 0) is 24.2 Å². The van der Waals surface area contributed by atoms with Crippen molar-refractivity contribution in [3.63, 3.8) is 0 Å². The largest absolute Gasteiger partial charge is 0.380 e. The Morgan fingerprint density at radius 1 is 1.26 bits per heavy atom. The number of thiazole rings is 1. The highest BCUT2D eigenvalue weighted by Gasteiger charge is 2.11. The van der Waals surface area contributed by atoms with Crippen molar-refractivity contribution >= 4 is 16.5 Å². The van der Waals surface area contributed by atoms with E-state index in [1.807, 2.05) is 6.07 Å². The summed E-state index contributed by atoms with van der Waals surface area (Å²) in [6.45, 7) is 2.81. The normalized spacial score (nSPS) is 10.8. The Kier molecular flexibility index (Phi) is 4.93. The first-order valence-electron chi connectivity index (χ1n) is 6.54. The maximum atomic E-state index is 5.84. The molecule has 19 heavy (non-hydrogen) atoms. The summed E-state index contributed by atoms with van der Waals surface area (Å²) < 4.78 is 5.25. The lowest BCUT2D eigenvalue weighted by Crippen LogP contribution is -1.98. The van der Waals surface area contributed by atoms with Gasteiger partial charge in [0.2, 0.25) is 0 Å². The minimum absolute atomic E-state index is 0.646. The molecule has 0 bridgehead atoms. The van der Waals surface area contributed by atoms with Crippen LogP contribution in [0.4, 0.5) is 5.13 Å². The SMILES string of the molecule is CCCc1nc(N)sc1Cc1ccccc1COC. The van der Waals surface area contributed by atoms with Crippen LogP contribution in [0.5, 0.6) is 0 Å². The summed E-state index contributed by atoms with van der Waals surface area (Å²) in [6.07, 6.45) is 2.98. The zero-order valence-electron chi connectivity index (χ0n) is 11.5. The number of hydrogen-bond acceptors (Lipinski definition) is 4. The van der Waals surface area contributed by atoms with Gasteiger partial charge in [-0.25, -0.2) is 4.98 Å². The molecule has 0 spiro atoms. The summed E-state index contributed by atoms with van der Waals surface area (Å²) in [6, 6.07) is 8.38. The van der Waals surface area contributed by atoms with Crippen LogP contribution in [0, 0.1) is 0 Å². The van der Waals surface area contributed by atoms with Gasteiger partial charge in [-0.1, -0.05) is 37.6 Å². The van der Waals surface area contributed by atoms with Gasteiger partial charge < -0.3 is 10.5 Å². The Bertz CT molecular complexity index is 537. The maximum absolute atomic E-state index is 5.84. The van der Waals surface area contributed by atoms with E-state index in [9.17, 15) is 0 Å².